The first-order valence-electron chi connectivity index (χ1n) is 10.5. The number of Topliss-reactive ketones (excluding diaryl/α,β-unsaturated/α-hetero) is 1. The number of rotatable bonds is 12. The van der Waals surface area contributed by atoms with Crippen LogP contribution in [0.1, 0.15) is 43.0 Å². The molecule has 2 rings (SSSR count). The predicted octanol–water partition coefficient (Wildman–Crippen LogP) is -7.81. The molecule has 0 aliphatic heterocycles. The normalized spacial score (nSPS) is 16.5. The largest absolute Gasteiger partial charge is 1.00 e. The van der Waals surface area contributed by atoms with Gasteiger partial charge in [0.25, 0.3) is 0 Å². The summed E-state index contributed by atoms with van der Waals surface area (Å²) < 4.78 is 10.00. The van der Waals surface area contributed by atoms with Crippen molar-refractivity contribution in [2.75, 3.05) is 26.3 Å². The summed E-state index contributed by atoms with van der Waals surface area (Å²) in [5.41, 5.74) is 0.114. The Morgan fingerprint density at radius 1 is 0.886 bits per heavy atom. The summed E-state index contributed by atoms with van der Waals surface area (Å²) in [6.45, 7) is 0.151. The molecule has 0 unspecified atom stereocenters. The van der Waals surface area contributed by atoms with Crippen molar-refractivity contribution in [3.63, 3.8) is 0 Å². The quantitative estimate of drug-likeness (QED) is 0.205. The van der Waals surface area contributed by atoms with Crippen molar-refractivity contribution < 1.29 is 103 Å². The fraction of sp³-hybridized carbons (Fsp3) is 0.500. The molecule has 13 heteroatoms. The van der Waals surface area contributed by atoms with Gasteiger partial charge in [-0.2, -0.15) is 0 Å². The second-order valence-corrected chi connectivity index (χ2v) is 7.78. The van der Waals surface area contributed by atoms with Crippen molar-refractivity contribution in [3.05, 3.63) is 23.8 Å². The summed E-state index contributed by atoms with van der Waals surface area (Å²) in [7, 11) is 0. The van der Waals surface area contributed by atoms with Gasteiger partial charge >= 0.3 is 59.1 Å². The Morgan fingerprint density at radius 2 is 1.46 bits per heavy atom. The third-order valence-corrected chi connectivity index (χ3v) is 5.24. The van der Waals surface area contributed by atoms with E-state index in [2.05, 4.69) is 10.6 Å². The zero-order chi connectivity index (χ0) is 24.4. The second kappa shape index (κ2) is 16.9. The maximum atomic E-state index is 12.5. The summed E-state index contributed by atoms with van der Waals surface area (Å²) in [4.78, 5) is 57.2. The van der Waals surface area contributed by atoms with Gasteiger partial charge < -0.3 is 39.9 Å². The van der Waals surface area contributed by atoms with Gasteiger partial charge in [0, 0.05) is 24.9 Å². The number of amides is 2. The first kappa shape index (κ1) is 33.4. The van der Waals surface area contributed by atoms with Gasteiger partial charge in [-0.25, -0.2) is 0 Å². The zero-order valence-corrected chi connectivity index (χ0v) is 24.2. The smallest absolute Gasteiger partial charge is 0.546 e. The fourth-order valence-electron chi connectivity index (χ4n) is 3.52. The van der Waals surface area contributed by atoms with Crippen LogP contribution in [0.5, 0.6) is 11.5 Å². The molecular weight excluding hydrogens is 482 g/mol. The summed E-state index contributed by atoms with van der Waals surface area (Å²) >= 11 is 0. The van der Waals surface area contributed by atoms with Crippen LogP contribution in [-0.2, 0) is 19.2 Å². The third-order valence-electron chi connectivity index (χ3n) is 5.24. The molecule has 0 spiro atoms. The molecular formula is C22H26N2Na2O9. The van der Waals surface area contributed by atoms with Gasteiger partial charge in [0.2, 0.25) is 11.8 Å². The molecule has 1 aliphatic carbocycles. The number of ether oxygens (including phenoxy) is 2. The van der Waals surface area contributed by atoms with Gasteiger partial charge in [0.1, 0.15) is 13.2 Å². The van der Waals surface area contributed by atoms with Gasteiger partial charge in [-0.3, -0.25) is 14.4 Å². The van der Waals surface area contributed by atoms with Crippen molar-refractivity contribution in [1.82, 2.24) is 10.6 Å². The van der Waals surface area contributed by atoms with E-state index in [-0.39, 0.29) is 100 Å². The Morgan fingerprint density at radius 3 is 2.00 bits per heavy atom. The Bertz CT molecular complexity index is 903. The summed E-state index contributed by atoms with van der Waals surface area (Å²) in [6.07, 6.45) is 2.93. The fourth-order valence-corrected chi connectivity index (χ4v) is 3.52. The molecule has 2 N–H and O–H groups in total. The van der Waals surface area contributed by atoms with Crippen molar-refractivity contribution >= 4 is 29.5 Å². The number of nitrogens with one attached hydrogen (secondary N) is 2. The van der Waals surface area contributed by atoms with E-state index in [0.717, 1.165) is 12.8 Å². The van der Waals surface area contributed by atoms with Crippen LogP contribution in [-0.4, -0.2) is 55.8 Å². The van der Waals surface area contributed by atoms with Gasteiger partial charge in [-0.05, 0) is 49.8 Å². The first-order chi connectivity index (χ1) is 15.7. The number of hydrogen-bond acceptors (Lipinski definition) is 9. The van der Waals surface area contributed by atoms with E-state index < -0.39 is 30.9 Å². The number of benzene rings is 1. The Balaban J connectivity index is 0.00000578. The molecule has 0 heterocycles. The number of carboxylic acid groups (broad SMARTS) is 2. The zero-order valence-electron chi connectivity index (χ0n) is 20.2. The number of ketones is 1. The van der Waals surface area contributed by atoms with Crippen LogP contribution in [0.2, 0.25) is 0 Å². The predicted molar refractivity (Wildman–Crippen MR) is 109 cm³/mol. The van der Waals surface area contributed by atoms with Crippen molar-refractivity contribution in [2.24, 2.45) is 11.8 Å². The summed E-state index contributed by atoms with van der Waals surface area (Å²) in [5, 5.41) is 26.7. The van der Waals surface area contributed by atoms with Crippen molar-refractivity contribution in [2.45, 2.75) is 32.6 Å². The van der Waals surface area contributed by atoms with E-state index in [1.54, 1.807) is 0 Å². The Hall–Kier alpha value is -1.63. The molecule has 180 valence electrons. The number of hydrogen-bond donors (Lipinski definition) is 2. The number of carbonyl (C=O) groups excluding carboxylic acids is 5. The van der Waals surface area contributed by atoms with Crippen LogP contribution in [0, 0.1) is 11.8 Å². The number of carboxylic acids is 2. The first-order valence-corrected chi connectivity index (χ1v) is 10.5. The molecule has 1 aliphatic rings. The average molecular weight is 508 g/mol. The topological polar surface area (TPSA) is 174 Å². The molecule has 1 fully saturated rings. The minimum absolute atomic E-state index is 0. The van der Waals surface area contributed by atoms with Crippen LogP contribution >= 0.6 is 0 Å². The van der Waals surface area contributed by atoms with Gasteiger partial charge in [-0.15, -0.1) is 0 Å². The molecule has 2 amide bonds. The molecule has 0 aromatic heterocycles. The maximum absolute atomic E-state index is 12.5. The molecule has 0 saturated heterocycles. The van der Waals surface area contributed by atoms with Gasteiger partial charge in [0.15, 0.2) is 17.3 Å². The van der Waals surface area contributed by atoms with Gasteiger partial charge in [0.05, 0.1) is 18.5 Å². The number of aliphatic carboxylic acids is 2. The molecule has 1 aromatic carbocycles. The monoisotopic (exact) mass is 508 g/mol. The maximum Gasteiger partial charge on any atom is 1.00 e. The molecule has 1 aromatic rings. The average Bonchev–Trinajstić information content (AvgIpc) is 2.78. The van der Waals surface area contributed by atoms with E-state index in [9.17, 15) is 34.2 Å². The van der Waals surface area contributed by atoms with Crippen molar-refractivity contribution in [1.29, 1.82) is 0 Å². The van der Waals surface area contributed by atoms with Crippen molar-refractivity contribution in [3.8, 4) is 11.5 Å². The summed E-state index contributed by atoms with van der Waals surface area (Å²) in [6, 6.07) is 3.81. The third kappa shape index (κ3) is 12.2. The van der Waals surface area contributed by atoms with Crippen LogP contribution < -0.4 is 89.4 Å². The molecule has 1 saturated carbocycles. The molecule has 0 atom stereocenters. The van der Waals surface area contributed by atoms with Crippen LogP contribution in [0.15, 0.2) is 18.2 Å². The van der Waals surface area contributed by atoms with Crippen LogP contribution in [0.3, 0.4) is 0 Å². The second-order valence-electron chi connectivity index (χ2n) is 7.78. The van der Waals surface area contributed by atoms with E-state index in [1.807, 2.05) is 0 Å². The van der Waals surface area contributed by atoms with E-state index in [0.29, 0.717) is 25.3 Å². The summed E-state index contributed by atoms with van der Waals surface area (Å²) in [5.74, 6) is -3.90. The van der Waals surface area contributed by atoms with Gasteiger partial charge in [-0.1, -0.05) is 0 Å². The SMILES string of the molecule is CC(=O)NCC1CCC(C(=O)NCC(=O)c2ccc(OCC(=O)[O-])c(OCC(=O)[O-])c2)CC1.[Na+].[Na+]. The molecule has 11 nitrogen and oxygen atoms in total. The standard InChI is InChI=1S/C22H28N2O9.2Na/c1-13(25)23-9-14-2-4-15(5-3-14)22(31)24-10-17(26)16-6-7-18(32-11-20(27)28)19(8-16)33-12-21(29)30;;/h6-8,14-15H,2-5,9-12H2,1H3,(H,23,25)(H,24,31)(H,27,28)(H,29,30);;/q;2*+1/p-2. The molecule has 0 bridgehead atoms. The molecule has 0 radical (unpaired) electrons. The Kier molecular flexibility index (Phi) is 16.1. The van der Waals surface area contributed by atoms with E-state index in [1.165, 1.54) is 25.1 Å². The molecule has 35 heavy (non-hydrogen) atoms. The number of carbonyl (C=O) groups is 5. The minimum atomic E-state index is -1.52. The van der Waals surface area contributed by atoms with E-state index >= 15 is 0 Å². The van der Waals surface area contributed by atoms with Crippen LogP contribution in [0.25, 0.3) is 0 Å². The van der Waals surface area contributed by atoms with E-state index in [4.69, 9.17) is 9.47 Å². The Labute approximate surface area is 247 Å². The minimum Gasteiger partial charge on any atom is -0.546 e. The van der Waals surface area contributed by atoms with Crippen LogP contribution in [0.4, 0.5) is 0 Å².